The Kier molecular flexibility index (Phi) is 10.4. The highest BCUT2D eigenvalue weighted by Crippen LogP contribution is 2.23. The average molecular weight is 490 g/mol. The van der Waals surface area contributed by atoms with Crippen LogP contribution < -0.4 is 21.7 Å². The molecule has 1 heterocycles. The smallest absolute Gasteiger partial charge is 0.242 e. The standard InChI is InChI=1S/C22H31N7O4S/c1-3-11-29(19(32)12-26-14(2)30)13-18(31)27-16(8-6-10-25-22(23)24)20(33)21-28-15-7-4-5-9-17(15)34-21/h4-5,7,9,16H,3,6,8,10-13H2,1-2H3,(H,26,30)(H,27,31)(H4,23,24,25). The lowest BCUT2D eigenvalue weighted by molar-refractivity contribution is -0.136. The SMILES string of the molecule is CCCN(CC(=O)NC(CCCNC(=N)N)C(=O)c1nc2ccccc2s1)C(=O)CNC(C)=O. The van der Waals surface area contributed by atoms with Crippen molar-refractivity contribution < 1.29 is 19.2 Å². The maximum atomic E-state index is 13.2. The molecule has 184 valence electrons. The summed E-state index contributed by atoms with van der Waals surface area (Å²) in [6, 6.07) is 6.54. The van der Waals surface area contributed by atoms with Crippen LogP contribution in [0.4, 0.5) is 0 Å². The Morgan fingerprint density at radius 2 is 1.94 bits per heavy atom. The highest BCUT2D eigenvalue weighted by Gasteiger charge is 2.26. The number of nitrogens with two attached hydrogens (primary N) is 1. The van der Waals surface area contributed by atoms with Crippen LogP contribution in [0.2, 0.25) is 0 Å². The van der Waals surface area contributed by atoms with Crippen LogP contribution >= 0.6 is 11.3 Å². The summed E-state index contributed by atoms with van der Waals surface area (Å²) in [5, 5.41) is 15.4. The molecule has 1 aromatic heterocycles. The molecule has 0 bridgehead atoms. The minimum Gasteiger partial charge on any atom is -0.370 e. The molecular formula is C22H31N7O4S. The van der Waals surface area contributed by atoms with E-state index in [1.807, 2.05) is 31.2 Å². The molecule has 0 radical (unpaired) electrons. The summed E-state index contributed by atoms with van der Waals surface area (Å²) >= 11 is 1.25. The summed E-state index contributed by atoms with van der Waals surface area (Å²) in [5.41, 5.74) is 6.01. The van der Waals surface area contributed by atoms with E-state index >= 15 is 0 Å². The summed E-state index contributed by atoms with van der Waals surface area (Å²) in [6.45, 7) is 3.45. The number of Topliss-reactive ketones (excluding diaryl/α,β-unsaturated/α-hetero) is 1. The van der Waals surface area contributed by atoms with Crippen molar-refractivity contribution in [3.05, 3.63) is 29.3 Å². The van der Waals surface area contributed by atoms with E-state index in [0.717, 1.165) is 4.70 Å². The summed E-state index contributed by atoms with van der Waals surface area (Å²) in [5.74, 6) is -1.69. The van der Waals surface area contributed by atoms with E-state index in [1.54, 1.807) is 0 Å². The first-order chi connectivity index (χ1) is 16.2. The van der Waals surface area contributed by atoms with Gasteiger partial charge in [0.1, 0.15) is 0 Å². The van der Waals surface area contributed by atoms with Crippen LogP contribution in [-0.2, 0) is 14.4 Å². The van der Waals surface area contributed by atoms with Gasteiger partial charge in [-0.15, -0.1) is 11.3 Å². The fourth-order valence-corrected chi connectivity index (χ4v) is 4.17. The third kappa shape index (κ3) is 8.43. The van der Waals surface area contributed by atoms with Gasteiger partial charge in [0, 0.05) is 20.0 Å². The Morgan fingerprint density at radius 1 is 1.21 bits per heavy atom. The lowest BCUT2D eigenvalue weighted by Gasteiger charge is -2.23. The largest absolute Gasteiger partial charge is 0.370 e. The lowest BCUT2D eigenvalue weighted by atomic mass is 10.1. The van der Waals surface area contributed by atoms with Gasteiger partial charge >= 0.3 is 0 Å². The van der Waals surface area contributed by atoms with Crippen molar-refractivity contribution in [2.24, 2.45) is 5.73 Å². The normalized spacial score (nSPS) is 11.5. The number of thiazole rings is 1. The molecule has 12 heteroatoms. The van der Waals surface area contributed by atoms with E-state index in [1.165, 1.54) is 23.2 Å². The van der Waals surface area contributed by atoms with E-state index in [9.17, 15) is 19.2 Å². The summed E-state index contributed by atoms with van der Waals surface area (Å²) < 4.78 is 0.867. The number of hydrogen-bond acceptors (Lipinski definition) is 7. The van der Waals surface area contributed by atoms with Crippen molar-refractivity contribution in [3.63, 3.8) is 0 Å². The Labute approximate surface area is 202 Å². The topological polar surface area (TPSA) is 170 Å². The molecule has 1 atom stereocenters. The predicted molar refractivity (Wildman–Crippen MR) is 131 cm³/mol. The molecule has 0 spiro atoms. The number of amides is 3. The Hall–Kier alpha value is -3.54. The van der Waals surface area contributed by atoms with Gasteiger partial charge in [-0.1, -0.05) is 19.1 Å². The van der Waals surface area contributed by atoms with Gasteiger partial charge in [-0.25, -0.2) is 4.98 Å². The van der Waals surface area contributed by atoms with Gasteiger partial charge in [-0.05, 0) is 31.4 Å². The average Bonchev–Trinajstić information content (AvgIpc) is 3.22. The molecule has 0 fully saturated rings. The second-order valence-corrected chi connectivity index (χ2v) is 8.71. The molecule has 0 saturated heterocycles. The van der Waals surface area contributed by atoms with Crippen LogP contribution in [0.5, 0.6) is 0 Å². The van der Waals surface area contributed by atoms with E-state index in [4.69, 9.17) is 11.1 Å². The van der Waals surface area contributed by atoms with Crippen molar-refractivity contribution >= 4 is 51.0 Å². The van der Waals surface area contributed by atoms with Crippen LogP contribution in [0, 0.1) is 5.41 Å². The molecular weight excluding hydrogens is 458 g/mol. The molecule has 6 N–H and O–H groups in total. The fourth-order valence-electron chi connectivity index (χ4n) is 3.21. The van der Waals surface area contributed by atoms with Crippen LogP contribution in [0.15, 0.2) is 24.3 Å². The molecule has 1 unspecified atom stereocenters. The minimum absolute atomic E-state index is 0.175. The van der Waals surface area contributed by atoms with Gasteiger partial charge in [0.2, 0.25) is 23.5 Å². The van der Waals surface area contributed by atoms with E-state index < -0.39 is 11.9 Å². The molecule has 0 aliphatic rings. The van der Waals surface area contributed by atoms with Gasteiger partial charge in [0.25, 0.3) is 0 Å². The van der Waals surface area contributed by atoms with Crippen molar-refractivity contribution in [2.75, 3.05) is 26.2 Å². The molecule has 0 saturated carbocycles. The number of guanidine groups is 1. The van der Waals surface area contributed by atoms with Crippen LogP contribution in [0.25, 0.3) is 10.2 Å². The predicted octanol–water partition coefficient (Wildman–Crippen LogP) is 0.602. The minimum atomic E-state index is -0.851. The Morgan fingerprint density at radius 3 is 2.59 bits per heavy atom. The summed E-state index contributed by atoms with van der Waals surface area (Å²) in [7, 11) is 0. The maximum Gasteiger partial charge on any atom is 0.242 e. The quantitative estimate of drug-likeness (QED) is 0.119. The molecule has 2 rings (SSSR count). The van der Waals surface area contributed by atoms with E-state index in [2.05, 4.69) is 20.9 Å². The number of carbonyl (C=O) groups is 4. The fraction of sp³-hybridized carbons (Fsp3) is 0.455. The van der Waals surface area contributed by atoms with Gasteiger partial charge < -0.3 is 26.6 Å². The van der Waals surface area contributed by atoms with Crippen LogP contribution in [-0.4, -0.2) is 71.6 Å². The number of aromatic nitrogens is 1. The van der Waals surface area contributed by atoms with Gasteiger partial charge in [-0.2, -0.15) is 0 Å². The molecule has 0 aliphatic heterocycles. The number of rotatable bonds is 13. The number of hydrogen-bond donors (Lipinski definition) is 5. The first-order valence-corrected chi connectivity index (χ1v) is 11.8. The molecule has 0 aliphatic carbocycles. The second kappa shape index (κ2) is 13.2. The molecule has 1 aromatic carbocycles. The van der Waals surface area contributed by atoms with E-state index in [0.29, 0.717) is 37.9 Å². The molecule has 34 heavy (non-hydrogen) atoms. The third-order valence-electron chi connectivity index (χ3n) is 4.81. The van der Waals surface area contributed by atoms with Crippen LogP contribution in [0.1, 0.15) is 42.9 Å². The monoisotopic (exact) mass is 489 g/mol. The number of para-hydroxylation sites is 1. The van der Waals surface area contributed by atoms with Crippen molar-refractivity contribution in [1.29, 1.82) is 5.41 Å². The Balaban J connectivity index is 2.11. The van der Waals surface area contributed by atoms with Gasteiger partial charge in [0.15, 0.2) is 11.0 Å². The van der Waals surface area contributed by atoms with Crippen molar-refractivity contribution in [2.45, 2.75) is 39.2 Å². The van der Waals surface area contributed by atoms with Crippen LogP contribution in [0.3, 0.4) is 0 Å². The number of fused-ring (bicyclic) bond motifs is 1. The number of carbonyl (C=O) groups excluding carboxylic acids is 4. The first kappa shape index (κ1) is 26.7. The number of nitrogens with zero attached hydrogens (tertiary/aromatic N) is 2. The van der Waals surface area contributed by atoms with Crippen molar-refractivity contribution in [1.82, 2.24) is 25.8 Å². The number of benzene rings is 1. The molecule has 11 nitrogen and oxygen atoms in total. The lowest BCUT2D eigenvalue weighted by Crippen LogP contribution is -2.49. The zero-order valence-electron chi connectivity index (χ0n) is 19.3. The van der Waals surface area contributed by atoms with Gasteiger partial charge in [-0.3, -0.25) is 24.6 Å². The zero-order chi connectivity index (χ0) is 25.1. The summed E-state index contributed by atoms with van der Waals surface area (Å²) in [4.78, 5) is 55.3. The summed E-state index contributed by atoms with van der Waals surface area (Å²) in [6.07, 6.45) is 1.40. The second-order valence-electron chi connectivity index (χ2n) is 7.68. The maximum absolute atomic E-state index is 13.2. The molecule has 2 aromatic rings. The highest BCUT2D eigenvalue weighted by molar-refractivity contribution is 7.20. The number of ketones is 1. The Bertz CT molecular complexity index is 1010. The first-order valence-electron chi connectivity index (χ1n) is 11.0. The third-order valence-corrected chi connectivity index (χ3v) is 5.86. The number of nitrogens with one attached hydrogen (secondary N) is 4. The van der Waals surface area contributed by atoms with Gasteiger partial charge in [0.05, 0.1) is 29.3 Å². The molecule has 3 amide bonds. The highest BCUT2D eigenvalue weighted by atomic mass is 32.1. The van der Waals surface area contributed by atoms with Crippen molar-refractivity contribution in [3.8, 4) is 0 Å². The van der Waals surface area contributed by atoms with E-state index in [-0.39, 0.29) is 41.7 Å². The zero-order valence-corrected chi connectivity index (χ0v) is 20.2.